The molecular formula is C19H23ClF3N3O4S2. The maximum Gasteiger partial charge on any atom is 0.417 e. The van der Waals surface area contributed by atoms with E-state index in [4.69, 9.17) is 15.9 Å². The first-order valence-electron chi connectivity index (χ1n) is 9.35. The van der Waals surface area contributed by atoms with Crippen LogP contribution in [0.5, 0.6) is 0 Å². The predicted molar refractivity (Wildman–Crippen MR) is 118 cm³/mol. The van der Waals surface area contributed by atoms with Crippen LogP contribution in [0.1, 0.15) is 37.9 Å². The first-order valence-corrected chi connectivity index (χ1v) is 13.5. The van der Waals surface area contributed by atoms with Gasteiger partial charge in [0, 0.05) is 34.7 Å². The van der Waals surface area contributed by atoms with Crippen LogP contribution in [0.25, 0.3) is 11.3 Å². The van der Waals surface area contributed by atoms with Gasteiger partial charge in [0.2, 0.25) is 19.1 Å². The molecule has 0 radical (unpaired) electrons. The highest BCUT2D eigenvalue weighted by molar-refractivity contribution is 8.13. The van der Waals surface area contributed by atoms with Crippen molar-refractivity contribution in [3.8, 4) is 17.3 Å². The highest BCUT2D eigenvalue weighted by atomic mass is 35.7. The summed E-state index contributed by atoms with van der Waals surface area (Å²) in [7, 11) is -0.603. The first kappa shape index (κ1) is 27.8. The van der Waals surface area contributed by atoms with Crippen LogP contribution in [-0.4, -0.2) is 32.9 Å². The quantitative estimate of drug-likeness (QED) is 0.540. The minimum Gasteiger partial charge on any atom is -0.335 e. The summed E-state index contributed by atoms with van der Waals surface area (Å²) in [5, 5.41) is 8.96. The minimum atomic E-state index is -4.68. The molecule has 1 aromatic carbocycles. The van der Waals surface area contributed by atoms with Gasteiger partial charge >= 0.3 is 6.18 Å². The van der Waals surface area contributed by atoms with Crippen LogP contribution in [0, 0.1) is 11.3 Å². The molecule has 32 heavy (non-hydrogen) atoms. The molecular weight excluding hydrogens is 491 g/mol. The monoisotopic (exact) mass is 513 g/mol. The van der Waals surface area contributed by atoms with E-state index in [0.717, 1.165) is 6.07 Å². The average Bonchev–Trinajstić information content (AvgIpc) is 3.00. The lowest BCUT2D eigenvalue weighted by atomic mass is 10.0. The van der Waals surface area contributed by atoms with Crippen LogP contribution in [-0.2, 0) is 32.3 Å². The van der Waals surface area contributed by atoms with Gasteiger partial charge in [-0.05, 0) is 37.1 Å². The van der Waals surface area contributed by atoms with E-state index in [2.05, 4.69) is 4.72 Å². The minimum absolute atomic E-state index is 0.0779. The van der Waals surface area contributed by atoms with Crippen molar-refractivity contribution >= 4 is 35.4 Å². The highest BCUT2D eigenvalue weighted by Crippen LogP contribution is 2.39. The number of halogens is 4. The summed E-state index contributed by atoms with van der Waals surface area (Å²) < 4.78 is 87.5. The smallest absolute Gasteiger partial charge is 0.335 e. The van der Waals surface area contributed by atoms with Gasteiger partial charge in [0.25, 0.3) is 0 Å². The summed E-state index contributed by atoms with van der Waals surface area (Å²) >= 11 is 0. The van der Waals surface area contributed by atoms with Crippen molar-refractivity contribution in [3.63, 3.8) is 0 Å². The van der Waals surface area contributed by atoms with E-state index in [1.54, 1.807) is 13.8 Å². The molecule has 0 unspecified atom stereocenters. The van der Waals surface area contributed by atoms with Gasteiger partial charge in [-0.15, -0.1) is 0 Å². The molecule has 0 aliphatic rings. The zero-order valence-electron chi connectivity index (χ0n) is 17.6. The van der Waals surface area contributed by atoms with Crippen LogP contribution in [0.15, 0.2) is 30.3 Å². The Morgan fingerprint density at radius 3 is 2.06 bits per heavy atom. The Morgan fingerprint density at radius 2 is 1.66 bits per heavy atom. The van der Waals surface area contributed by atoms with Crippen molar-refractivity contribution in [2.75, 3.05) is 16.2 Å². The molecule has 0 spiro atoms. The van der Waals surface area contributed by atoms with E-state index in [1.807, 2.05) is 6.07 Å². The van der Waals surface area contributed by atoms with Crippen molar-refractivity contribution in [3.05, 3.63) is 41.6 Å². The molecule has 2 aromatic rings. The van der Waals surface area contributed by atoms with Crippen LogP contribution in [0.4, 0.5) is 18.9 Å². The summed E-state index contributed by atoms with van der Waals surface area (Å²) in [6.45, 7) is 3.42. The molecule has 0 aliphatic carbocycles. The predicted octanol–water partition coefficient (Wildman–Crippen LogP) is 4.70. The molecule has 13 heteroatoms. The van der Waals surface area contributed by atoms with Gasteiger partial charge in [0.05, 0.1) is 17.1 Å². The lowest BCUT2D eigenvalue weighted by Gasteiger charge is -2.16. The second kappa shape index (κ2) is 11.1. The molecule has 0 fully saturated rings. The maximum atomic E-state index is 13.5. The zero-order chi connectivity index (χ0) is 24.7. The van der Waals surface area contributed by atoms with E-state index in [-0.39, 0.29) is 34.1 Å². The van der Waals surface area contributed by atoms with Gasteiger partial charge in [0.15, 0.2) is 0 Å². The second-order valence-corrected chi connectivity index (χ2v) is 11.4. The fourth-order valence-corrected chi connectivity index (χ4v) is 4.78. The van der Waals surface area contributed by atoms with Crippen molar-refractivity contribution in [2.45, 2.75) is 32.9 Å². The third kappa shape index (κ3) is 8.37. The third-order valence-corrected chi connectivity index (χ3v) is 6.88. The number of benzene rings is 1. The largest absolute Gasteiger partial charge is 0.417 e. The van der Waals surface area contributed by atoms with E-state index < -0.39 is 30.8 Å². The number of rotatable bonds is 7. The number of anilines is 1. The summed E-state index contributed by atoms with van der Waals surface area (Å²) in [6, 6.07) is 7.97. The molecule has 7 nitrogen and oxygen atoms in total. The Morgan fingerprint density at radius 1 is 1.06 bits per heavy atom. The Kier molecular flexibility index (Phi) is 9.62. The number of alkyl halides is 3. The topological polar surface area (TPSA) is 109 Å². The number of nitrogens with one attached hydrogen (secondary N) is 1. The number of hydrogen-bond acceptors (Lipinski definition) is 5. The van der Waals surface area contributed by atoms with Gasteiger partial charge in [-0.25, -0.2) is 16.8 Å². The first-order chi connectivity index (χ1) is 14.6. The van der Waals surface area contributed by atoms with Crippen LogP contribution in [0.3, 0.4) is 0 Å². The van der Waals surface area contributed by atoms with Crippen LogP contribution < -0.4 is 4.72 Å². The molecule has 1 aromatic heterocycles. The van der Waals surface area contributed by atoms with Gasteiger partial charge in [0.1, 0.15) is 11.8 Å². The molecule has 0 aliphatic heterocycles. The van der Waals surface area contributed by atoms with Crippen molar-refractivity contribution in [1.82, 2.24) is 4.57 Å². The molecule has 0 atom stereocenters. The van der Waals surface area contributed by atoms with E-state index in [0.29, 0.717) is 12.8 Å². The Labute approximate surface area is 190 Å². The fraction of sp³-hybridized carbons (Fsp3) is 0.421. The molecule has 0 bridgehead atoms. The lowest BCUT2D eigenvalue weighted by Crippen LogP contribution is -2.17. The summed E-state index contributed by atoms with van der Waals surface area (Å²) in [6.07, 6.45) is -3.75. The fourth-order valence-electron chi connectivity index (χ4n) is 2.70. The van der Waals surface area contributed by atoms with Gasteiger partial charge in [-0.2, -0.15) is 18.4 Å². The maximum absolute atomic E-state index is 13.5. The average molecular weight is 514 g/mol. The number of nitrogens with zero attached hydrogens (tertiary/aromatic N) is 2. The van der Waals surface area contributed by atoms with Gasteiger partial charge in [-0.1, -0.05) is 19.9 Å². The number of hydrogen-bond donors (Lipinski definition) is 1. The molecule has 1 N–H and O–H groups in total. The molecule has 1 heterocycles. The number of aromatic nitrogens is 1. The van der Waals surface area contributed by atoms with Gasteiger partial charge in [-0.3, -0.25) is 4.72 Å². The Hall–Kier alpha value is -2.23. The van der Waals surface area contributed by atoms with Crippen LogP contribution in [0.2, 0.25) is 0 Å². The highest BCUT2D eigenvalue weighted by Gasteiger charge is 2.35. The third-order valence-electron chi connectivity index (χ3n) is 4.03. The Balaban J connectivity index is 0.000000633. The van der Waals surface area contributed by atoms with Crippen molar-refractivity contribution in [2.24, 2.45) is 7.05 Å². The van der Waals surface area contributed by atoms with Crippen molar-refractivity contribution < 1.29 is 30.0 Å². The molecule has 0 saturated heterocycles. The van der Waals surface area contributed by atoms with E-state index in [9.17, 15) is 30.0 Å². The summed E-state index contributed by atoms with van der Waals surface area (Å²) in [5.41, 5.74) is -0.827. The Bertz CT molecular complexity index is 1190. The standard InChI is InChI=1S/C16H16F3N3O2S.C3H7ClO2S/c1-3-8-25(23,24)21-11-4-6-13(14(9-11)16(17,18)19)15-7-5-12(10-20)22(15)2;1-2-3-7(4,5)6/h4-7,9,21H,3,8H2,1-2H3;2-3H2,1H3. The van der Waals surface area contributed by atoms with Crippen molar-refractivity contribution in [1.29, 1.82) is 5.26 Å². The van der Waals surface area contributed by atoms with E-state index in [1.165, 1.54) is 35.9 Å². The normalized spacial score (nSPS) is 11.9. The van der Waals surface area contributed by atoms with E-state index >= 15 is 0 Å². The number of nitriles is 1. The van der Waals surface area contributed by atoms with Gasteiger partial charge < -0.3 is 4.57 Å². The summed E-state index contributed by atoms with van der Waals surface area (Å²) in [5.74, 6) is -0.103. The second-order valence-electron chi connectivity index (χ2n) is 6.70. The summed E-state index contributed by atoms with van der Waals surface area (Å²) in [4.78, 5) is 0. The molecule has 178 valence electrons. The lowest BCUT2D eigenvalue weighted by molar-refractivity contribution is -0.137. The zero-order valence-corrected chi connectivity index (χ0v) is 20.0. The molecule has 2 rings (SSSR count). The SMILES string of the molecule is CCCS(=O)(=O)Cl.CCCS(=O)(=O)Nc1ccc(-c2ccc(C#N)n2C)c(C(F)(F)F)c1. The van der Waals surface area contributed by atoms with Crippen LogP contribution >= 0.6 is 10.7 Å². The number of sulfonamides is 1. The molecule has 0 saturated carbocycles. The molecule has 0 amide bonds.